The molecule has 1 unspecified atom stereocenters. The second kappa shape index (κ2) is 5.95. The molecule has 5 nitrogen and oxygen atoms in total. The van der Waals surface area contributed by atoms with Gasteiger partial charge in [-0.2, -0.15) is 0 Å². The molecule has 0 aliphatic heterocycles. The van der Waals surface area contributed by atoms with Crippen LogP contribution in [0.1, 0.15) is 12.7 Å². The molecule has 1 aromatic heterocycles. The second-order valence-electron chi connectivity index (χ2n) is 3.11. The first-order valence-corrected chi connectivity index (χ1v) is 4.95. The Bertz CT molecular complexity index is 341. The van der Waals surface area contributed by atoms with E-state index >= 15 is 0 Å². The molecule has 0 saturated carbocycles. The monoisotopic (exact) mass is 226 g/mol. The van der Waals surface area contributed by atoms with Crippen LogP contribution in [0.2, 0.25) is 0 Å². The number of hydrogen-bond acceptors (Lipinski definition) is 5. The third-order valence-corrected chi connectivity index (χ3v) is 2.04. The van der Waals surface area contributed by atoms with Crippen LogP contribution < -0.4 is 0 Å². The van der Waals surface area contributed by atoms with Gasteiger partial charge in [0, 0.05) is 6.42 Å². The summed E-state index contributed by atoms with van der Waals surface area (Å²) in [7, 11) is 1.23. The molecule has 5 heteroatoms. The van der Waals surface area contributed by atoms with Crippen molar-refractivity contribution in [2.45, 2.75) is 13.3 Å². The average Bonchev–Trinajstić information content (AvgIpc) is 2.78. The van der Waals surface area contributed by atoms with Crippen molar-refractivity contribution in [1.82, 2.24) is 0 Å². The number of methoxy groups -OCH3 is 1. The van der Waals surface area contributed by atoms with Gasteiger partial charge in [0.2, 0.25) is 0 Å². The third kappa shape index (κ3) is 3.12. The van der Waals surface area contributed by atoms with Crippen molar-refractivity contribution < 1.29 is 23.5 Å². The Morgan fingerprint density at radius 2 is 2.19 bits per heavy atom. The van der Waals surface area contributed by atoms with Crippen LogP contribution in [0, 0.1) is 5.92 Å². The van der Waals surface area contributed by atoms with Gasteiger partial charge in [-0.1, -0.05) is 0 Å². The maximum Gasteiger partial charge on any atom is 0.320 e. The highest BCUT2D eigenvalue weighted by atomic mass is 16.5. The standard InChI is InChI=1S/C11H14O5/c1-3-15-11(13)9(10(12)14-2)7-8-5-4-6-16-8/h4-6,9H,3,7H2,1-2H3. The third-order valence-electron chi connectivity index (χ3n) is 2.04. The summed E-state index contributed by atoms with van der Waals surface area (Å²) < 4.78 is 14.4. The zero-order valence-corrected chi connectivity index (χ0v) is 9.26. The van der Waals surface area contributed by atoms with Gasteiger partial charge in [-0.25, -0.2) is 0 Å². The summed E-state index contributed by atoms with van der Waals surface area (Å²) in [6.45, 7) is 1.91. The van der Waals surface area contributed by atoms with Crippen molar-refractivity contribution in [2.75, 3.05) is 13.7 Å². The van der Waals surface area contributed by atoms with Crippen LogP contribution in [-0.2, 0) is 25.5 Å². The van der Waals surface area contributed by atoms with Crippen LogP contribution in [0.5, 0.6) is 0 Å². The molecular formula is C11H14O5. The second-order valence-corrected chi connectivity index (χ2v) is 3.11. The van der Waals surface area contributed by atoms with Gasteiger partial charge in [-0.15, -0.1) is 0 Å². The van der Waals surface area contributed by atoms with Crippen LogP contribution in [0.25, 0.3) is 0 Å². The Balaban J connectivity index is 2.71. The summed E-state index contributed by atoms with van der Waals surface area (Å²) in [5.74, 6) is -1.62. The summed E-state index contributed by atoms with van der Waals surface area (Å²) in [6.07, 6.45) is 1.63. The molecule has 0 spiro atoms. The van der Waals surface area contributed by atoms with Crippen LogP contribution in [0.15, 0.2) is 22.8 Å². The largest absolute Gasteiger partial charge is 0.469 e. The van der Waals surface area contributed by atoms with Crippen LogP contribution in [0.4, 0.5) is 0 Å². The fourth-order valence-electron chi connectivity index (χ4n) is 1.28. The molecule has 88 valence electrons. The minimum Gasteiger partial charge on any atom is -0.469 e. The number of rotatable bonds is 5. The molecule has 0 N–H and O–H groups in total. The lowest BCUT2D eigenvalue weighted by atomic mass is 10.0. The molecule has 1 heterocycles. The Morgan fingerprint density at radius 3 is 2.69 bits per heavy atom. The van der Waals surface area contributed by atoms with E-state index in [0.29, 0.717) is 5.76 Å². The topological polar surface area (TPSA) is 65.7 Å². The van der Waals surface area contributed by atoms with Crippen molar-refractivity contribution in [2.24, 2.45) is 5.92 Å². The van der Waals surface area contributed by atoms with Crippen LogP contribution in [0.3, 0.4) is 0 Å². The molecule has 0 radical (unpaired) electrons. The Labute approximate surface area is 93.3 Å². The van der Waals surface area contributed by atoms with Gasteiger partial charge in [0.05, 0.1) is 20.0 Å². The van der Waals surface area contributed by atoms with E-state index in [9.17, 15) is 9.59 Å². The SMILES string of the molecule is CCOC(=O)C(Cc1ccco1)C(=O)OC. The van der Waals surface area contributed by atoms with E-state index < -0.39 is 17.9 Å². The Kier molecular flexibility index (Phi) is 4.57. The fourth-order valence-corrected chi connectivity index (χ4v) is 1.28. The Hall–Kier alpha value is -1.78. The van der Waals surface area contributed by atoms with E-state index in [2.05, 4.69) is 4.74 Å². The van der Waals surface area contributed by atoms with E-state index in [1.165, 1.54) is 13.4 Å². The highest BCUT2D eigenvalue weighted by Gasteiger charge is 2.30. The molecule has 0 saturated heterocycles. The van der Waals surface area contributed by atoms with Crippen molar-refractivity contribution in [3.63, 3.8) is 0 Å². The van der Waals surface area contributed by atoms with Gasteiger partial charge in [-0.05, 0) is 19.1 Å². The number of ether oxygens (including phenoxy) is 2. The van der Waals surface area contributed by atoms with E-state index in [-0.39, 0.29) is 13.0 Å². The van der Waals surface area contributed by atoms with Crippen molar-refractivity contribution in [1.29, 1.82) is 0 Å². The normalized spacial score (nSPS) is 11.9. The first-order valence-electron chi connectivity index (χ1n) is 4.95. The maximum absolute atomic E-state index is 11.5. The lowest BCUT2D eigenvalue weighted by molar-refractivity contribution is -0.160. The summed E-state index contributed by atoms with van der Waals surface area (Å²) in [5, 5.41) is 0. The van der Waals surface area contributed by atoms with Gasteiger partial charge >= 0.3 is 11.9 Å². The van der Waals surface area contributed by atoms with E-state index in [4.69, 9.17) is 9.15 Å². The summed E-state index contributed by atoms with van der Waals surface area (Å²) in [5.41, 5.74) is 0. The van der Waals surface area contributed by atoms with E-state index in [1.54, 1.807) is 19.1 Å². The van der Waals surface area contributed by atoms with Crippen LogP contribution in [-0.4, -0.2) is 25.7 Å². The number of furan rings is 1. The molecule has 1 atom stereocenters. The lowest BCUT2D eigenvalue weighted by Crippen LogP contribution is -2.29. The summed E-state index contributed by atoms with van der Waals surface area (Å²) in [4.78, 5) is 22.9. The summed E-state index contributed by atoms with van der Waals surface area (Å²) in [6, 6.07) is 3.38. The number of carbonyl (C=O) groups is 2. The maximum atomic E-state index is 11.5. The average molecular weight is 226 g/mol. The highest BCUT2D eigenvalue weighted by Crippen LogP contribution is 2.12. The first kappa shape index (κ1) is 12.3. The van der Waals surface area contributed by atoms with Crippen molar-refractivity contribution >= 4 is 11.9 Å². The Morgan fingerprint density at radius 1 is 1.44 bits per heavy atom. The predicted octanol–water partition coefficient (Wildman–Crippen LogP) is 1.17. The molecule has 0 aliphatic rings. The van der Waals surface area contributed by atoms with Gasteiger partial charge in [-0.3, -0.25) is 9.59 Å². The fraction of sp³-hybridized carbons (Fsp3) is 0.455. The zero-order valence-electron chi connectivity index (χ0n) is 9.26. The van der Waals surface area contributed by atoms with Gasteiger partial charge in [0.25, 0.3) is 0 Å². The van der Waals surface area contributed by atoms with E-state index in [1.807, 2.05) is 0 Å². The quantitative estimate of drug-likeness (QED) is 0.557. The molecule has 1 rings (SSSR count). The van der Waals surface area contributed by atoms with Crippen LogP contribution >= 0.6 is 0 Å². The lowest BCUT2D eigenvalue weighted by Gasteiger charge is -2.11. The first-order chi connectivity index (χ1) is 7.69. The summed E-state index contributed by atoms with van der Waals surface area (Å²) >= 11 is 0. The molecular weight excluding hydrogens is 212 g/mol. The molecule has 0 aromatic carbocycles. The van der Waals surface area contributed by atoms with Crippen molar-refractivity contribution in [3.05, 3.63) is 24.2 Å². The number of hydrogen-bond donors (Lipinski definition) is 0. The molecule has 0 fully saturated rings. The molecule has 1 aromatic rings. The minimum absolute atomic E-state index is 0.151. The highest BCUT2D eigenvalue weighted by molar-refractivity contribution is 5.95. The smallest absolute Gasteiger partial charge is 0.320 e. The van der Waals surface area contributed by atoms with E-state index in [0.717, 1.165) is 0 Å². The molecule has 0 amide bonds. The zero-order chi connectivity index (χ0) is 12.0. The van der Waals surface area contributed by atoms with Crippen molar-refractivity contribution in [3.8, 4) is 0 Å². The number of carbonyl (C=O) groups excluding carboxylic acids is 2. The number of esters is 2. The van der Waals surface area contributed by atoms with Gasteiger partial charge in [0.1, 0.15) is 5.76 Å². The predicted molar refractivity (Wildman–Crippen MR) is 54.6 cm³/mol. The molecule has 0 bridgehead atoms. The minimum atomic E-state index is -0.962. The molecule has 0 aliphatic carbocycles. The molecule has 16 heavy (non-hydrogen) atoms. The van der Waals surface area contributed by atoms with Gasteiger partial charge in [0.15, 0.2) is 5.92 Å². The van der Waals surface area contributed by atoms with Gasteiger partial charge < -0.3 is 13.9 Å².